The van der Waals surface area contributed by atoms with E-state index in [1.165, 1.54) is 42.2 Å². The van der Waals surface area contributed by atoms with Crippen LogP contribution < -0.4 is 10.3 Å². The van der Waals surface area contributed by atoms with Crippen molar-refractivity contribution in [1.29, 1.82) is 0 Å². The van der Waals surface area contributed by atoms with E-state index < -0.39 is 0 Å². The van der Waals surface area contributed by atoms with Gasteiger partial charge in [0.05, 0.1) is 24.6 Å². The van der Waals surface area contributed by atoms with Crippen LogP contribution in [0.15, 0.2) is 47.3 Å². The van der Waals surface area contributed by atoms with Gasteiger partial charge >= 0.3 is 0 Å². The summed E-state index contributed by atoms with van der Waals surface area (Å²) in [4.78, 5) is 23.2. The standard InChI is InChI=1S/C24H21N3O2/c1-29-19-12-6-10-16-21(19)26-23-22-17(13-27(23)24(16)28)20(14-7-2-3-8-14)15-9-4-5-11-18(15)25-22/h4-6,9-12,14H,2-3,7-8,13H2,1H3. The monoisotopic (exact) mass is 383 g/mol. The minimum absolute atomic E-state index is 0.0247. The van der Waals surface area contributed by atoms with Gasteiger partial charge in [-0.15, -0.1) is 0 Å². The Kier molecular flexibility index (Phi) is 3.54. The maximum Gasteiger partial charge on any atom is 0.262 e. The van der Waals surface area contributed by atoms with E-state index in [0.29, 0.717) is 34.9 Å². The van der Waals surface area contributed by atoms with Gasteiger partial charge in [-0.2, -0.15) is 0 Å². The molecule has 1 fully saturated rings. The van der Waals surface area contributed by atoms with Gasteiger partial charge in [0.15, 0.2) is 5.82 Å². The maximum absolute atomic E-state index is 13.3. The largest absolute Gasteiger partial charge is 0.494 e. The minimum Gasteiger partial charge on any atom is -0.494 e. The van der Waals surface area contributed by atoms with E-state index in [0.717, 1.165) is 11.2 Å². The first kappa shape index (κ1) is 16.7. The first-order chi connectivity index (χ1) is 14.3. The Morgan fingerprint density at radius 2 is 1.79 bits per heavy atom. The van der Waals surface area contributed by atoms with Gasteiger partial charge in [-0.05, 0) is 42.5 Å². The number of hydrogen-bond donors (Lipinski definition) is 0. The van der Waals surface area contributed by atoms with E-state index in [1.807, 2.05) is 24.3 Å². The molecule has 6 rings (SSSR count). The van der Waals surface area contributed by atoms with Crippen LogP contribution in [-0.4, -0.2) is 21.6 Å². The molecule has 1 aliphatic heterocycles. The Hall–Kier alpha value is -3.21. The van der Waals surface area contributed by atoms with Gasteiger partial charge in [-0.1, -0.05) is 37.1 Å². The molecule has 0 atom stereocenters. The summed E-state index contributed by atoms with van der Waals surface area (Å²) in [5, 5.41) is 1.81. The number of ether oxygens (including phenoxy) is 1. The number of nitrogens with zero attached hydrogens (tertiary/aromatic N) is 3. The van der Waals surface area contributed by atoms with Gasteiger partial charge in [-0.25, -0.2) is 9.97 Å². The summed E-state index contributed by atoms with van der Waals surface area (Å²) in [6.07, 6.45) is 4.94. The SMILES string of the molecule is COc1cccc2c(=O)n3c(nc12)-c1nc2ccccc2c(C2CCCC2)c1C3. The number of fused-ring (bicyclic) bond motifs is 5. The molecule has 1 saturated carbocycles. The van der Waals surface area contributed by atoms with Crippen LogP contribution in [0.1, 0.15) is 42.7 Å². The summed E-state index contributed by atoms with van der Waals surface area (Å²) >= 11 is 0. The van der Waals surface area contributed by atoms with Crippen LogP contribution in [0, 0.1) is 0 Å². The number of pyridine rings is 1. The normalized spacial score (nSPS) is 15.8. The molecule has 144 valence electrons. The highest BCUT2D eigenvalue weighted by molar-refractivity contribution is 5.90. The van der Waals surface area contributed by atoms with Gasteiger partial charge < -0.3 is 4.74 Å². The second-order valence-electron chi connectivity index (χ2n) is 8.03. The highest BCUT2D eigenvalue weighted by Crippen LogP contribution is 2.44. The average Bonchev–Trinajstić information content (AvgIpc) is 3.40. The third-order valence-electron chi connectivity index (χ3n) is 6.50. The second-order valence-corrected chi connectivity index (χ2v) is 8.03. The molecule has 5 heteroatoms. The zero-order valence-corrected chi connectivity index (χ0v) is 16.3. The molecule has 1 aliphatic carbocycles. The van der Waals surface area contributed by atoms with Crippen LogP contribution in [0.2, 0.25) is 0 Å². The second kappa shape index (κ2) is 6.14. The predicted molar refractivity (Wildman–Crippen MR) is 114 cm³/mol. The van der Waals surface area contributed by atoms with Crippen molar-refractivity contribution in [3.63, 3.8) is 0 Å². The van der Waals surface area contributed by atoms with Crippen molar-refractivity contribution in [2.45, 2.75) is 38.1 Å². The fourth-order valence-electron chi connectivity index (χ4n) is 5.17. The molecule has 2 aromatic carbocycles. The smallest absolute Gasteiger partial charge is 0.262 e. The lowest BCUT2D eigenvalue weighted by Crippen LogP contribution is -2.20. The zero-order chi connectivity index (χ0) is 19.5. The lowest BCUT2D eigenvalue weighted by atomic mass is 9.89. The highest BCUT2D eigenvalue weighted by Gasteiger charge is 2.32. The Morgan fingerprint density at radius 3 is 2.62 bits per heavy atom. The minimum atomic E-state index is -0.0247. The summed E-state index contributed by atoms with van der Waals surface area (Å²) in [5.41, 5.74) is 4.98. The van der Waals surface area contributed by atoms with E-state index in [4.69, 9.17) is 14.7 Å². The van der Waals surface area contributed by atoms with Crippen molar-refractivity contribution in [1.82, 2.24) is 14.5 Å². The molecule has 5 nitrogen and oxygen atoms in total. The van der Waals surface area contributed by atoms with Crippen LogP contribution in [-0.2, 0) is 6.54 Å². The van der Waals surface area contributed by atoms with Gasteiger partial charge in [0, 0.05) is 10.9 Å². The summed E-state index contributed by atoms with van der Waals surface area (Å²) < 4.78 is 7.26. The molecule has 2 aromatic heterocycles. The average molecular weight is 383 g/mol. The predicted octanol–water partition coefficient (Wildman–Crippen LogP) is 4.64. The number of rotatable bonds is 2. The van der Waals surface area contributed by atoms with Crippen molar-refractivity contribution >= 4 is 21.8 Å². The van der Waals surface area contributed by atoms with Crippen molar-refractivity contribution in [2.75, 3.05) is 7.11 Å². The Morgan fingerprint density at radius 1 is 1.00 bits per heavy atom. The van der Waals surface area contributed by atoms with E-state index in [9.17, 15) is 4.79 Å². The molecule has 4 aromatic rings. The van der Waals surface area contributed by atoms with Crippen LogP contribution in [0.3, 0.4) is 0 Å². The van der Waals surface area contributed by atoms with E-state index in [1.54, 1.807) is 11.7 Å². The fourth-order valence-corrected chi connectivity index (χ4v) is 5.17. The van der Waals surface area contributed by atoms with E-state index in [-0.39, 0.29) is 5.56 Å². The molecule has 0 spiro atoms. The Labute approximate surface area is 168 Å². The quantitative estimate of drug-likeness (QED) is 0.446. The lowest BCUT2D eigenvalue weighted by molar-refractivity contribution is 0.418. The Balaban J connectivity index is 1.70. The molecule has 0 N–H and O–H groups in total. The van der Waals surface area contributed by atoms with Gasteiger partial charge in [0.2, 0.25) is 0 Å². The number of aromatic nitrogens is 3. The van der Waals surface area contributed by atoms with Crippen LogP contribution in [0.5, 0.6) is 5.75 Å². The van der Waals surface area contributed by atoms with Crippen molar-refractivity contribution < 1.29 is 4.74 Å². The summed E-state index contributed by atoms with van der Waals surface area (Å²) in [6, 6.07) is 13.9. The molecule has 0 unspecified atom stereocenters. The summed E-state index contributed by atoms with van der Waals surface area (Å²) in [6.45, 7) is 0.549. The van der Waals surface area contributed by atoms with Crippen LogP contribution >= 0.6 is 0 Å². The van der Waals surface area contributed by atoms with Gasteiger partial charge in [0.25, 0.3) is 5.56 Å². The highest BCUT2D eigenvalue weighted by atomic mass is 16.5. The van der Waals surface area contributed by atoms with E-state index in [2.05, 4.69) is 18.2 Å². The third-order valence-corrected chi connectivity index (χ3v) is 6.50. The number of para-hydroxylation sites is 2. The first-order valence-electron chi connectivity index (χ1n) is 10.3. The van der Waals surface area contributed by atoms with Crippen LogP contribution in [0.4, 0.5) is 0 Å². The topological polar surface area (TPSA) is 57.0 Å². The fraction of sp³-hybridized carbons (Fsp3) is 0.292. The molecular weight excluding hydrogens is 362 g/mol. The van der Waals surface area contributed by atoms with Crippen molar-refractivity contribution in [3.8, 4) is 17.3 Å². The molecule has 3 heterocycles. The molecule has 0 amide bonds. The number of methoxy groups -OCH3 is 1. The number of benzene rings is 2. The Bertz CT molecular complexity index is 1350. The molecule has 0 radical (unpaired) electrons. The number of hydrogen-bond acceptors (Lipinski definition) is 4. The first-order valence-corrected chi connectivity index (χ1v) is 10.3. The van der Waals surface area contributed by atoms with Gasteiger partial charge in [-0.3, -0.25) is 9.36 Å². The summed E-state index contributed by atoms with van der Waals surface area (Å²) in [7, 11) is 1.61. The molecular formula is C24H21N3O2. The zero-order valence-electron chi connectivity index (χ0n) is 16.3. The van der Waals surface area contributed by atoms with Crippen molar-refractivity contribution in [2.24, 2.45) is 0 Å². The molecule has 29 heavy (non-hydrogen) atoms. The van der Waals surface area contributed by atoms with E-state index >= 15 is 0 Å². The third kappa shape index (κ3) is 2.30. The van der Waals surface area contributed by atoms with Crippen LogP contribution in [0.25, 0.3) is 33.3 Å². The van der Waals surface area contributed by atoms with Gasteiger partial charge in [0.1, 0.15) is 17.0 Å². The maximum atomic E-state index is 13.3. The summed E-state index contributed by atoms with van der Waals surface area (Å²) in [5.74, 6) is 1.81. The molecule has 2 aliphatic rings. The van der Waals surface area contributed by atoms with Crippen molar-refractivity contribution in [3.05, 3.63) is 63.9 Å². The molecule has 0 saturated heterocycles. The molecule has 0 bridgehead atoms. The lowest BCUT2D eigenvalue weighted by Gasteiger charge is -2.17.